The van der Waals surface area contributed by atoms with Crippen LogP contribution in [0, 0.1) is 26.7 Å². The number of nitrogens with one attached hydrogen (secondary N) is 1. The van der Waals surface area contributed by atoms with Crippen molar-refractivity contribution in [3.63, 3.8) is 0 Å². The summed E-state index contributed by atoms with van der Waals surface area (Å²) in [6.07, 6.45) is 1.60. The van der Waals surface area contributed by atoms with E-state index in [0.29, 0.717) is 0 Å². The summed E-state index contributed by atoms with van der Waals surface area (Å²) in [6, 6.07) is 13.6. The maximum Gasteiger partial charge on any atom is 0.241 e. The van der Waals surface area contributed by atoms with Crippen molar-refractivity contribution in [1.82, 2.24) is 4.90 Å². The number of carbonyl (C=O) groups excluding carboxylic acids is 2. The molecule has 1 heterocycles. The Morgan fingerprint density at radius 1 is 0.964 bits per heavy atom. The molecule has 0 aliphatic carbocycles. The number of amides is 1. The monoisotopic (exact) mass is 378 g/mol. The van der Waals surface area contributed by atoms with Crippen LogP contribution in [0.2, 0.25) is 0 Å². The van der Waals surface area contributed by atoms with Gasteiger partial charge in [-0.1, -0.05) is 48.0 Å². The Morgan fingerprint density at radius 3 is 2.11 bits per heavy atom. The van der Waals surface area contributed by atoms with Crippen molar-refractivity contribution in [2.24, 2.45) is 5.92 Å². The Labute approximate surface area is 167 Å². The molecule has 1 unspecified atom stereocenters. The third kappa shape index (κ3) is 4.50. The van der Waals surface area contributed by atoms with E-state index < -0.39 is 0 Å². The number of piperidine rings is 1. The predicted octanol–water partition coefficient (Wildman–Crippen LogP) is 4.53. The highest BCUT2D eigenvalue weighted by atomic mass is 16.2. The predicted molar refractivity (Wildman–Crippen MR) is 114 cm³/mol. The van der Waals surface area contributed by atoms with Crippen LogP contribution >= 0.6 is 0 Å². The Balaban J connectivity index is 1.57. The summed E-state index contributed by atoms with van der Waals surface area (Å²) in [5.74, 6) is 0.292. The number of rotatable bonds is 5. The highest BCUT2D eigenvalue weighted by Crippen LogP contribution is 2.25. The van der Waals surface area contributed by atoms with Crippen LogP contribution in [0.1, 0.15) is 46.8 Å². The first-order chi connectivity index (χ1) is 13.4. The average Bonchev–Trinajstić information content (AvgIpc) is 2.70. The van der Waals surface area contributed by atoms with Crippen LogP contribution in [0.25, 0.3) is 0 Å². The van der Waals surface area contributed by atoms with Gasteiger partial charge in [-0.15, -0.1) is 0 Å². The van der Waals surface area contributed by atoms with E-state index in [-0.39, 0.29) is 23.7 Å². The second-order valence-electron chi connectivity index (χ2n) is 7.97. The maximum atomic E-state index is 12.8. The molecule has 0 bridgehead atoms. The summed E-state index contributed by atoms with van der Waals surface area (Å²) >= 11 is 0. The minimum absolute atomic E-state index is 0.0145. The van der Waals surface area contributed by atoms with Gasteiger partial charge in [0.2, 0.25) is 5.91 Å². The van der Waals surface area contributed by atoms with E-state index in [1.165, 1.54) is 0 Å². The molecule has 3 rings (SSSR count). The Morgan fingerprint density at radius 2 is 1.54 bits per heavy atom. The van der Waals surface area contributed by atoms with Crippen LogP contribution in [0.5, 0.6) is 0 Å². The molecule has 1 aliphatic heterocycles. The fourth-order valence-electron chi connectivity index (χ4n) is 3.91. The molecule has 148 valence electrons. The number of ketones is 1. The molecule has 1 amide bonds. The molecule has 2 aromatic rings. The van der Waals surface area contributed by atoms with Gasteiger partial charge in [-0.25, -0.2) is 0 Å². The first kappa shape index (κ1) is 20.3. The summed E-state index contributed by atoms with van der Waals surface area (Å²) in [4.78, 5) is 27.7. The average molecular weight is 379 g/mol. The van der Waals surface area contributed by atoms with E-state index in [2.05, 4.69) is 10.2 Å². The van der Waals surface area contributed by atoms with Crippen LogP contribution in [-0.4, -0.2) is 35.7 Å². The lowest BCUT2D eigenvalue weighted by molar-refractivity contribution is -0.121. The number of para-hydroxylation sites is 1. The van der Waals surface area contributed by atoms with Crippen molar-refractivity contribution in [2.75, 3.05) is 18.4 Å². The molecule has 2 aromatic carbocycles. The van der Waals surface area contributed by atoms with Gasteiger partial charge in [0.25, 0.3) is 0 Å². The van der Waals surface area contributed by atoms with Crippen LogP contribution in [0.3, 0.4) is 0 Å². The molecule has 4 heteroatoms. The fraction of sp³-hybridized carbons (Fsp3) is 0.417. The standard InChI is InChI=1S/C24H30N2O2/c1-16-8-10-20(11-9-16)23(27)21-12-14-26(15-13-21)19(4)24(28)25-22-17(2)6-5-7-18(22)3/h5-11,19,21H,12-15H2,1-4H3,(H,25,28). The van der Waals surface area contributed by atoms with E-state index in [1.54, 1.807) is 0 Å². The van der Waals surface area contributed by atoms with Crippen molar-refractivity contribution in [1.29, 1.82) is 0 Å². The lowest BCUT2D eigenvalue weighted by atomic mass is 9.88. The van der Waals surface area contributed by atoms with E-state index in [1.807, 2.05) is 70.2 Å². The van der Waals surface area contributed by atoms with E-state index in [9.17, 15) is 9.59 Å². The maximum absolute atomic E-state index is 12.8. The van der Waals surface area contributed by atoms with Gasteiger partial charge in [0.05, 0.1) is 6.04 Å². The summed E-state index contributed by atoms with van der Waals surface area (Å²) in [5, 5.41) is 3.09. The zero-order valence-electron chi connectivity index (χ0n) is 17.3. The quantitative estimate of drug-likeness (QED) is 0.778. The molecule has 0 saturated carbocycles. The highest BCUT2D eigenvalue weighted by molar-refractivity contribution is 5.98. The van der Waals surface area contributed by atoms with E-state index >= 15 is 0 Å². The van der Waals surface area contributed by atoms with Crippen molar-refractivity contribution in [2.45, 2.75) is 46.6 Å². The van der Waals surface area contributed by atoms with Crippen LogP contribution in [0.4, 0.5) is 5.69 Å². The minimum atomic E-state index is -0.213. The topological polar surface area (TPSA) is 49.4 Å². The number of anilines is 1. The van der Waals surface area contributed by atoms with Gasteiger partial charge >= 0.3 is 0 Å². The molecule has 0 spiro atoms. The van der Waals surface area contributed by atoms with Gasteiger partial charge in [0, 0.05) is 17.2 Å². The third-order valence-electron chi connectivity index (χ3n) is 5.89. The zero-order valence-corrected chi connectivity index (χ0v) is 17.3. The largest absolute Gasteiger partial charge is 0.324 e. The number of aryl methyl sites for hydroxylation is 3. The Bertz CT molecular complexity index is 829. The first-order valence-electron chi connectivity index (χ1n) is 10.1. The molecule has 0 aromatic heterocycles. The SMILES string of the molecule is Cc1ccc(C(=O)C2CCN(C(C)C(=O)Nc3c(C)cccc3C)CC2)cc1. The zero-order chi connectivity index (χ0) is 20.3. The lowest BCUT2D eigenvalue weighted by Gasteiger charge is -2.35. The van der Waals surface area contributed by atoms with Gasteiger partial charge in [-0.3, -0.25) is 14.5 Å². The summed E-state index contributed by atoms with van der Waals surface area (Å²) in [7, 11) is 0. The normalized spacial score (nSPS) is 16.6. The second-order valence-corrected chi connectivity index (χ2v) is 7.97. The Kier molecular flexibility index (Phi) is 6.30. The van der Waals surface area contributed by atoms with Gasteiger partial charge in [-0.2, -0.15) is 0 Å². The van der Waals surface area contributed by atoms with Gasteiger partial charge < -0.3 is 5.32 Å². The van der Waals surface area contributed by atoms with Crippen LogP contribution in [0.15, 0.2) is 42.5 Å². The van der Waals surface area contributed by atoms with Crippen molar-refractivity contribution in [3.8, 4) is 0 Å². The molecular formula is C24H30N2O2. The number of benzene rings is 2. The van der Waals surface area contributed by atoms with Crippen LogP contribution < -0.4 is 5.32 Å². The van der Waals surface area contributed by atoms with Gasteiger partial charge in [-0.05, 0) is 64.8 Å². The van der Waals surface area contributed by atoms with Crippen molar-refractivity contribution >= 4 is 17.4 Å². The molecule has 0 radical (unpaired) electrons. The third-order valence-corrected chi connectivity index (χ3v) is 5.89. The molecule has 1 fully saturated rings. The molecule has 1 atom stereocenters. The van der Waals surface area contributed by atoms with Gasteiger partial charge in [0.15, 0.2) is 5.78 Å². The van der Waals surface area contributed by atoms with Crippen LogP contribution in [-0.2, 0) is 4.79 Å². The van der Waals surface area contributed by atoms with Crippen molar-refractivity contribution in [3.05, 3.63) is 64.7 Å². The fourth-order valence-corrected chi connectivity index (χ4v) is 3.91. The number of hydrogen-bond donors (Lipinski definition) is 1. The summed E-state index contributed by atoms with van der Waals surface area (Å²) in [5.41, 5.74) is 5.01. The molecule has 4 nitrogen and oxygen atoms in total. The van der Waals surface area contributed by atoms with Crippen molar-refractivity contribution < 1.29 is 9.59 Å². The summed E-state index contributed by atoms with van der Waals surface area (Å²) < 4.78 is 0. The molecular weight excluding hydrogens is 348 g/mol. The number of likely N-dealkylation sites (tertiary alicyclic amines) is 1. The number of carbonyl (C=O) groups is 2. The second kappa shape index (κ2) is 8.70. The number of hydrogen-bond acceptors (Lipinski definition) is 3. The minimum Gasteiger partial charge on any atom is -0.324 e. The van der Waals surface area contributed by atoms with E-state index in [0.717, 1.165) is 53.9 Å². The van der Waals surface area contributed by atoms with E-state index in [4.69, 9.17) is 0 Å². The number of nitrogens with zero attached hydrogens (tertiary/aromatic N) is 1. The molecule has 1 saturated heterocycles. The first-order valence-corrected chi connectivity index (χ1v) is 10.1. The molecule has 1 N–H and O–H groups in total. The number of Topliss-reactive ketones (excluding diaryl/α,β-unsaturated/α-hetero) is 1. The van der Waals surface area contributed by atoms with Gasteiger partial charge in [0.1, 0.15) is 0 Å². The highest BCUT2D eigenvalue weighted by Gasteiger charge is 2.30. The summed E-state index contributed by atoms with van der Waals surface area (Å²) in [6.45, 7) is 9.53. The smallest absolute Gasteiger partial charge is 0.241 e. The Hall–Kier alpha value is -2.46. The molecule has 28 heavy (non-hydrogen) atoms. The molecule has 1 aliphatic rings. The lowest BCUT2D eigenvalue weighted by Crippen LogP contribution is -2.47.